The third-order valence-electron chi connectivity index (χ3n) is 5.15. The summed E-state index contributed by atoms with van der Waals surface area (Å²) in [6.45, 7) is 0.555. The topological polar surface area (TPSA) is 97.0 Å². The van der Waals surface area contributed by atoms with Gasteiger partial charge in [0.1, 0.15) is 23.5 Å². The lowest BCUT2D eigenvalue weighted by atomic mass is 10.0. The van der Waals surface area contributed by atoms with E-state index in [1.807, 2.05) is 0 Å². The van der Waals surface area contributed by atoms with Crippen LogP contribution in [0.1, 0.15) is 27.5 Å². The van der Waals surface area contributed by atoms with E-state index in [0.29, 0.717) is 0 Å². The smallest absolute Gasteiger partial charge is 0.366 e. The lowest BCUT2D eigenvalue weighted by molar-refractivity contribution is -0.137. The maximum absolute atomic E-state index is 13.4. The maximum atomic E-state index is 13.4. The normalized spacial score (nSPS) is 16.0. The molecule has 1 aromatic carbocycles. The first-order chi connectivity index (χ1) is 15.1. The van der Waals surface area contributed by atoms with Gasteiger partial charge in [-0.3, -0.25) is 14.7 Å². The van der Waals surface area contributed by atoms with Crippen LogP contribution in [-0.4, -0.2) is 51.6 Å². The van der Waals surface area contributed by atoms with Crippen molar-refractivity contribution in [2.24, 2.45) is 5.73 Å². The van der Waals surface area contributed by atoms with Crippen LogP contribution >= 0.6 is 11.6 Å². The van der Waals surface area contributed by atoms with E-state index in [1.165, 1.54) is 30.7 Å². The highest BCUT2D eigenvalue weighted by Gasteiger charge is 2.35. The third-order valence-corrected chi connectivity index (χ3v) is 5.48. The number of fused-ring (bicyclic) bond motifs is 1. The molecule has 3 heterocycles. The Bertz CT molecular complexity index is 1170. The van der Waals surface area contributed by atoms with Gasteiger partial charge in [-0.25, -0.2) is 14.4 Å². The molecule has 1 amide bonds. The minimum atomic E-state index is -4.64. The number of aromatic nitrogens is 3. The average Bonchev–Trinajstić information content (AvgIpc) is 2.71. The number of carbonyl (C=O) groups excluding carboxylic acids is 1. The standard InChI is InChI=1S/C20H17ClF4N6O/c21-14-2-1-10(5-13(14)20(23,24)25)15(8-31-6-11(22)7-31)30-19-17-16(28-9-29-19)12(18(26)32)3-4-27-17/h1-5,9,11,15H,6-8H2,(H2,26,32)(H,28,29,30). The molecule has 0 radical (unpaired) electrons. The second-order valence-electron chi connectivity index (χ2n) is 7.39. The number of pyridine rings is 1. The van der Waals surface area contributed by atoms with Crippen LogP contribution in [-0.2, 0) is 6.18 Å². The quantitative estimate of drug-likeness (QED) is 0.536. The zero-order chi connectivity index (χ0) is 23.0. The van der Waals surface area contributed by atoms with Crippen LogP contribution in [0.2, 0.25) is 5.02 Å². The molecule has 2 aromatic heterocycles. The number of halogens is 5. The number of rotatable bonds is 6. The molecule has 1 fully saturated rings. The second-order valence-corrected chi connectivity index (χ2v) is 7.80. The van der Waals surface area contributed by atoms with Gasteiger partial charge >= 0.3 is 6.18 Å². The number of primary amides is 1. The lowest BCUT2D eigenvalue weighted by Gasteiger charge is -2.37. The monoisotopic (exact) mass is 468 g/mol. The van der Waals surface area contributed by atoms with E-state index >= 15 is 0 Å². The molecule has 1 aliphatic rings. The van der Waals surface area contributed by atoms with Crippen molar-refractivity contribution in [3.63, 3.8) is 0 Å². The van der Waals surface area contributed by atoms with Gasteiger partial charge in [-0.15, -0.1) is 0 Å². The van der Waals surface area contributed by atoms with E-state index in [2.05, 4.69) is 20.3 Å². The summed E-state index contributed by atoms with van der Waals surface area (Å²) in [4.78, 5) is 25.9. The number of benzene rings is 1. The first-order valence-electron chi connectivity index (χ1n) is 9.52. The van der Waals surface area contributed by atoms with E-state index in [1.54, 1.807) is 4.90 Å². The number of anilines is 1. The molecule has 32 heavy (non-hydrogen) atoms. The Balaban J connectivity index is 1.74. The number of carbonyl (C=O) groups is 1. The molecular weight excluding hydrogens is 452 g/mol. The Hall–Kier alpha value is -3.05. The van der Waals surface area contributed by atoms with Crippen LogP contribution < -0.4 is 11.1 Å². The highest BCUT2D eigenvalue weighted by Crippen LogP contribution is 2.37. The molecule has 1 unspecified atom stereocenters. The summed E-state index contributed by atoms with van der Waals surface area (Å²) >= 11 is 5.76. The fourth-order valence-corrected chi connectivity index (χ4v) is 3.78. The lowest BCUT2D eigenvalue weighted by Crippen LogP contribution is -2.50. The third kappa shape index (κ3) is 4.44. The van der Waals surface area contributed by atoms with Crippen LogP contribution in [0.25, 0.3) is 11.0 Å². The number of likely N-dealkylation sites (tertiary alicyclic amines) is 1. The van der Waals surface area contributed by atoms with Gasteiger partial charge in [0, 0.05) is 25.8 Å². The molecule has 1 atom stereocenters. The van der Waals surface area contributed by atoms with Gasteiger partial charge in [-0.1, -0.05) is 17.7 Å². The van der Waals surface area contributed by atoms with Gasteiger partial charge in [0.15, 0.2) is 5.82 Å². The average molecular weight is 469 g/mol. The van der Waals surface area contributed by atoms with Crippen molar-refractivity contribution >= 4 is 34.4 Å². The van der Waals surface area contributed by atoms with E-state index in [0.717, 1.165) is 6.07 Å². The van der Waals surface area contributed by atoms with Crippen LogP contribution in [0.5, 0.6) is 0 Å². The minimum absolute atomic E-state index is 0.130. The first-order valence-corrected chi connectivity index (χ1v) is 9.90. The van der Waals surface area contributed by atoms with Crippen molar-refractivity contribution in [3.8, 4) is 0 Å². The molecule has 168 valence electrons. The Labute approximate surface area is 184 Å². The molecule has 0 spiro atoms. The Morgan fingerprint density at radius 1 is 1.22 bits per heavy atom. The zero-order valence-corrected chi connectivity index (χ0v) is 17.2. The summed E-state index contributed by atoms with van der Waals surface area (Å²) in [6, 6.07) is 4.29. The molecule has 1 saturated heterocycles. The van der Waals surface area contributed by atoms with Crippen molar-refractivity contribution in [2.45, 2.75) is 18.4 Å². The molecule has 1 aliphatic heterocycles. The van der Waals surface area contributed by atoms with E-state index in [4.69, 9.17) is 17.3 Å². The Morgan fingerprint density at radius 2 is 1.97 bits per heavy atom. The maximum Gasteiger partial charge on any atom is 0.417 e. The summed E-state index contributed by atoms with van der Waals surface area (Å²) in [6.07, 6.45) is -3.07. The predicted octanol–water partition coefficient (Wildman–Crippen LogP) is 3.60. The molecule has 4 rings (SSSR count). The highest BCUT2D eigenvalue weighted by molar-refractivity contribution is 6.31. The molecule has 3 aromatic rings. The number of amides is 1. The molecule has 0 bridgehead atoms. The van der Waals surface area contributed by atoms with E-state index in [9.17, 15) is 22.4 Å². The molecule has 7 nitrogen and oxygen atoms in total. The van der Waals surface area contributed by atoms with Gasteiger partial charge in [0.25, 0.3) is 5.91 Å². The highest BCUT2D eigenvalue weighted by atomic mass is 35.5. The molecule has 12 heteroatoms. The van der Waals surface area contributed by atoms with Gasteiger partial charge in [-0.05, 0) is 23.8 Å². The van der Waals surface area contributed by atoms with E-state index in [-0.39, 0.29) is 47.6 Å². The Kier molecular flexibility index (Phi) is 5.87. The van der Waals surface area contributed by atoms with Crippen LogP contribution in [0.4, 0.5) is 23.4 Å². The summed E-state index contributed by atoms with van der Waals surface area (Å²) in [5.41, 5.74) is 5.26. The van der Waals surface area contributed by atoms with Crippen LogP contribution in [0.15, 0.2) is 36.8 Å². The number of nitrogens with two attached hydrogens (primary N) is 1. The minimum Gasteiger partial charge on any atom is -0.366 e. The van der Waals surface area contributed by atoms with Crippen molar-refractivity contribution in [1.29, 1.82) is 0 Å². The fraction of sp³-hybridized carbons (Fsp3) is 0.300. The fourth-order valence-electron chi connectivity index (χ4n) is 3.56. The second kappa shape index (κ2) is 8.47. The van der Waals surface area contributed by atoms with Gasteiger partial charge in [-0.2, -0.15) is 13.2 Å². The summed E-state index contributed by atoms with van der Waals surface area (Å²) in [5, 5.41) is 2.65. The number of alkyl halides is 4. The van der Waals surface area contributed by atoms with Gasteiger partial charge < -0.3 is 11.1 Å². The molecule has 0 saturated carbocycles. The number of nitrogens with one attached hydrogen (secondary N) is 1. The zero-order valence-electron chi connectivity index (χ0n) is 16.4. The number of hydrogen-bond donors (Lipinski definition) is 2. The molecular formula is C20H17ClF4N6O. The summed E-state index contributed by atoms with van der Waals surface area (Å²) in [5.74, 6) is -0.510. The largest absolute Gasteiger partial charge is 0.417 e. The van der Waals surface area contributed by atoms with Crippen molar-refractivity contribution in [1.82, 2.24) is 19.9 Å². The Morgan fingerprint density at radius 3 is 2.62 bits per heavy atom. The first kappa shape index (κ1) is 22.2. The predicted molar refractivity (Wildman–Crippen MR) is 110 cm³/mol. The van der Waals surface area contributed by atoms with Crippen molar-refractivity contribution < 1.29 is 22.4 Å². The SMILES string of the molecule is NC(=O)c1ccnc2c(NC(CN3CC(F)C3)c3ccc(Cl)c(C(F)(F)F)c3)ncnc12. The number of nitrogens with zero attached hydrogens (tertiary/aromatic N) is 4. The molecule has 3 N–H and O–H groups in total. The van der Waals surface area contributed by atoms with Gasteiger partial charge in [0.05, 0.1) is 22.2 Å². The van der Waals surface area contributed by atoms with Crippen molar-refractivity contribution in [2.75, 3.05) is 25.0 Å². The van der Waals surface area contributed by atoms with Crippen molar-refractivity contribution in [3.05, 3.63) is 58.5 Å². The van der Waals surface area contributed by atoms with Crippen LogP contribution in [0.3, 0.4) is 0 Å². The number of hydrogen-bond acceptors (Lipinski definition) is 6. The van der Waals surface area contributed by atoms with Crippen LogP contribution in [0, 0.1) is 0 Å². The summed E-state index contributed by atoms with van der Waals surface area (Å²) in [7, 11) is 0. The van der Waals surface area contributed by atoms with Gasteiger partial charge in [0.2, 0.25) is 0 Å². The molecule has 0 aliphatic carbocycles. The van der Waals surface area contributed by atoms with E-state index < -0.39 is 34.9 Å². The summed E-state index contributed by atoms with van der Waals surface area (Å²) < 4.78 is 53.5.